The van der Waals surface area contributed by atoms with Crippen molar-refractivity contribution >= 4 is 5.82 Å². The zero-order chi connectivity index (χ0) is 17.9. The molecule has 26 heavy (non-hydrogen) atoms. The fraction of sp³-hybridized carbons (Fsp3) is 0.667. The van der Waals surface area contributed by atoms with E-state index in [4.69, 9.17) is 4.74 Å². The van der Waals surface area contributed by atoms with E-state index in [1.54, 1.807) is 0 Å². The Morgan fingerprint density at radius 3 is 2.46 bits per heavy atom. The third-order valence-corrected chi connectivity index (χ3v) is 5.44. The molecule has 2 saturated heterocycles. The van der Waals surface area contributed by atoms with Gasteiger partial charge in [-0.05, 0) is 31.9 Å². The minimum absolute atomic E-state index is 0.459. The first-order valence-electron chi connectivity index (χ1n) is 9.44. The molecule has 0 unspecified atom stereocenters. The summed E-state index contributed by atoms with van der Waals surface area (Å²) in [5.74, 6) is 3.59. The number of ether oxygens (including phenoxy) is 1. The van der Waals surface area contributed by atoms with E-state index in [2.05, 4.69) is 47.9 Å². The Kier molecular flexibility index (Phi) is 5.12. The van der Waals surface area contributed by atoms with E-state index >= 15 is 0 Å². The van der Waals surface area contributed by atoms with Crippen molar-refractivity contribution in [3.8, 4) is 0 Å². The average molecular weight is 357 g/mol. The van der Waals surface area contributed by atoms with Crippen LogP contribution in [0.3, 0.4) is 0 Å². The molecule has 0 atom stereocenters. The number of piperidine rings is 1. The second kappa shape index (κ2) is 7.67. The number of aryl methyl sites for hydroxylation is 1. The molecule has 2 aliphatic heterocycles. The van der Waals surface area contributed by atoms with Crippen molar-refractivity contribution in [3.05, 3.63) is 29.5 Å². The average Bonchev–Trinajstić information content (AvgIpc) is 3.04. The largest absolute Gasteiger partial charge is 0.379 e. The molecule has 0 bridgehead atoms. The van der Waals surface area contributed by atoms with Gasteiger partial charge in [-0.15, -0.1) is 15.3 Å². The van der Waals surface area contributed by atoms with Crippen molar-refractivity contribution in [1.29, 1.82) is 0 Å². The molecule has 0 aromatic carbocycles. The molecule has 2 aliphatic rings. The van der Waals surface area contributed by atoms with Gasteiger partial charge >= 0.3 is 0 Å². The van der Waals surface area contributed by atoms with Gasteiger partial charge in [-0.25, -0.2) is 0 Å². The Hall–Kier alpha value is -2.06. The summed E-state index contributed by atoms with van der Waals surface area (Å²) in [5.41, 5.74) is 0.954. The zero-order valence-electron chi connectivity index (χ0n) is 15.6. The molecule has 2 aromatic heterocycles. The van der Waals surface area contributed by atoms with E-state index in [1.807, 2.05) is 13.0 Å². The summed E-state index contributed by atoms with van der Waals surface area (Å²) in [6.07, 6.45) is 2.14. The molecular formula is C18H27N7O. The van der Waals surface area contributed by atoms with E-state index < -0.39 is 0 Å². The Labute approximate surface area is 154 Å². The van der Waals surface area contributed by atoms with Crippen LogP contribution < -0.4 is 4.90 Å². The van der Waals surface area contributed by atoms with Crippen LogP contribution in [-0.2, 0) is 18.3 Å². The monoisotopic (exact) mass is 357 g/mol. The maximum Gasteiger partial charge on any atom is 0.151 e. The molecule has 140 valence electrons. The predicted molar refractivity (Wildman–Crippen MR) is 98.1 cm³/mol. The van der Waals surface area contributed by atoms with Gasteiger partial charge in [0.05, 0.1) is 25.5 Å². The minimum atomic E-state index is 0.459. The molecule has 0 amide bonds. The van der Waals surface area contributed by atoms with Crippen LogP contribution in [0, 0.1) is 6.92 Å². The van der Waals surface area contributed by atoms with Crippen LogP contribution in [-0.4, -0.2) is 69.3 Å². The second-order valence-electron chi connectivity index (χ2n) is 7.22. The third kappa shape index (κ3) is 3.71. The number of anilines is 1. The van der Waals surface area contributed by atoms with Gasteiger partial charge in [-0.2, -0.15) is 5.10 Å². The number of hydrogen-bond acceptors (Lipinski definition) is 7. The summed E-state index contributed by atoms with van der Waals surface area (Å²) in [7, 11) is 2.10. The highest BCUT2D eigenvalue weighted by Gasteiger charge is 2.26. The van der Waals surface area contributed by atoms with Gasteiger partial charge in [0.1, 0.15) is 11.6 Å². The van der Waals surface area contributed by atoms with E-state index in [1.165, 1.54) is 0 Å². The Morgan fingerprint density at radius 2 is 1.77 bits per heavy atom. The van der Waals surface area contributed by atoms with Crippen LogP contribution in [0.1, 0.15) is 36.1 Å². The topological polar surface area (TPSA) is 72.2 Å². The molecular weight excluding hydrogens is 330 g/mol. The molecule has 4 rings (SSSR count). The standard InChI is InChI=1S/C18H27N7O/c1-14-3-4-16(20-19-14)25-7-5-15(6-8-25)18-22-21-17(23(18)2)13-24-9-11-26-12-10-24/h3-4,15H,5-13H2,1-2H3. The van der Waals surface area contributed by atoms with Gasteiger partial charge < -0.3 is 14.2 Å². The zero-order valence-corrected chi connectivity index (χ0v) is 15.6. The van der Waals surface area contributed by atoms with Gasteiger partial charge in [0, 0.05) is 39.1 Å². The molecule has 0 saturated carbocycles. The Morgan fingerprint density at radius 1 is 1.00 bits per heavy atom. The second-order valence-corrected chi connectivity index (χ2v) is 7.22. The third-order valence-electron chi connectivity index (χ3n) is 5.44. The summed E-state index contributed by atoms with van der Waals surface area (Å²) in [6, 6.07) is 4.08. The SMILES string of the molecule is Cc1ccc(N2CCC(c3nnc(CN4CCOCC4)n3C)CC2)nn1. The van der Waals surface area contributed by atoms with Crippen LogP contribution in [0.2, 0.25) is 0 Å². The van der Waals surface area contributed by atoms with Gasteiger partial charge in [0.2, 0.25) is 0 Å². The quantitative estimate of drug-likeness (QED) is 0.812. The smallest absolute Gasteiger partial charge is 0.151 e. The Balaban J connectivity index is 1.37. The highest BCUT2D eigenvalue weighted by Crippen LogP contribution is 2.28. The number of aromatic nitrogens is 5. The number of morpholine rings is 1. The summed E-state index contributed by atoms with van der Waals surface area (Å²) in [4.78, 5) is 4.70. The van der Waals surface area contributed by atoms with E-state index in [0.29, 0.717) is 5.92 Å². The molecule has 4 heterocycles. The lowest BCUT2D eigenvalue weighted by atomic mass is 9.96. The number of hydrogen-bond donors (Lipinski definition) is 0. The maximum absolute atomic E-state index is 5.42. The molecule has 2 fully saturated rings. The fourth-order valence-corrected chi connectivity index (χ4v) is 3.76. The lowest BCUT2D eigenvalue weighted by Gasteiger charge is -2.32. The first kappa shape index (κ1) is 17.4. The van der Waals surface area contributed by atoms with Crippen LogP contribution in [0.25, 0.3) is 0 Å². The van der Waals surface area contributed by atoms with Crippen molar-refractivity contribution in [3.63, 3.8) is 0 Å². The number of nitrogens with zero attached hydrogens (tertiary/aromatic N) is 7. The number of rotatable bonds is 4. The summed E-state index contributed by atoms with van der Waals surface area (Å²) < 4.78 is 7.62. The van der Waals surface area contributed by atoms with Crippen LogP contribution in [0.5, 0.6) is 0 Å². The lowest BCUT2D eigenvalue weighted by molar-refractivity contribution is 0.0326. The molecule has 8 heteroatoms. The highest BCUT2D eigenvalue weighted by molar-refractivity contribution is 5.38. The molecule has 0 aliphatic carbocycles. The molecule has 0 radical (unpaired) electrons. The Bertz CT molecular complexity index is 716. The normalized spacial score (nSPS) is 19.8. The van der Waals surface area contributed by atoms with Crippen molar-refractivity contribution in [2.24, 2.45) is 7.05 Å². The first-order chi connectivity index (χ1) is 12.7. The maximum atomic E-state index is 5.42. The van der Waals surface area contributed by atoms with Gasteiger partial charge in [0.15, 0.2) is 5.82 Å². The van der Waals surface area contributed by atoms with Crippen molar-refractivity contribution in [1.82, 2.24) is 29.9 Å². The summed E-state index contributed by atoms with van der Waals surface area (Å²) in [6.45, 7) is 8.34. The molecule has 0 spiro atoms. The van der Waals surface area contributed by atoms with Crippen LogP contribution >= 0.6 is 0 Å². The van der Waals surface area contributed by atoms with E-state index in [0.717, 1.165) is 81.9 Å². The minimum Gasteiger partial charge on any atom is -0.379 e. The van der Waals surface area contributed by atoms with E-state index in [9.17, 15) is 0 Å². The summed E-state index contributed by atoms with van der Waals surface area (Å²) in [5, 5.41) is 17.5. The first-order valence-corrected chi connectivity index (χ1v) is 9.44. The fourth-order valence-electron chi connectivity index (χ4n) is 3.76. The highest BCUT2D eigenvalue weighted by atomic mass is 16.5. The van der Waals surface area contributed by atoms with Gasteiger partial charge in [-0.3, -0.25) is 4.90 Å². The van der Waals surface area contributed by atoms with E-state index in [-0.39, 0.29) is 0 Å². The van der Waals surface area contributed by atoms with Crippen molar-refractivity contribution in [2.75, 3.05) is 44.3 Å². The van der Waals surface area contributed by atoms with Crippen molar-refractivity contribution in [2.45, 2.75) is 32.2 Å². The van der Waals surface area contributed by atoms with Gasteiger partial charge in [-0.1, -0.05) is 0 Å². The predicted octanol–water partition coefficient (Wildman–Crippen LogP) is 1.13. The van der Waals surface area contributed by atoms with Gasteiger partial charge in [0.25, 0.3) is 0 Å². The van der Waals surface area contributed by atoms with Crippen LogP contribution in [0.4, 0.5) is 5.82 Å². The van der Waals surface area contributed by atoms with Crippen molar-refractivity contribution < 1.29 is 4.74 Å². The molecule has 2 aromatic rings. The summed E-state index contributed by atoms with van der Waals surface area (Å²) >= 11 is 0. The molecule has 0 N–H and O–H groups in total. The lowest BCUT2D eigenvalue weighted by Crippen LogP contribution is -2.36. The van der Waals surface area contributed by atoms with Crippen LogP contribution in [0.15, 0.2) is 12.1 Å². The molecule has 8 nitrogen and oxygen atoms in total.